The molecule has 2 heterocycles. The van der Waals surface area contributed by atoms with E-state index in [1.54, 1.807) is 25.3 Å². The highest BCUT2D eigenvalue weighted by molar-refractivity contribution is 7.90. The van der Waals surface area contributed by atoms with Crippen LogP contribution in [-0.2, 0) is 10.0 Å². The Morgan fingerprint density at radius 2 is 1.77 bits per heavy atom. The minimum Gasteiger partial charge on any atom is -0.497 e. The van der Waals surface area contributed by atoms with E-state index in [-0.39, 0.29) is 23.1 Å². The number of sulfonamides is 1. The van der Waals surface area contributed by atoms with E-state index in [0.717, 1.165) is 54.7 Å². The van der Waals surface area contributed by atoms with Gasteiger partial charge in [0.1, 0.15) is 22.5 Å². The Morgan fingerprint density at radius 3 is 2.58 bits per heavy atom. The molecule has 31 heavy (non-hydrogen) atoms. The lowest BCUT2D eigenvalue weighted by atomic mass is 10.2. The molecule has 2 aromatic carbocycles. The molecule has 8 heteroatoms. The number of nitrogens with zero attached hydrogens (tertiary/aromatic N) is 2. The van der Waals surface area contributed by atoms with E-state index < -0.39 is 15.9 Å². The van der Waals surface area contributed by atoms with Crippen LogP contribution >= 0.6 is 0 Å². The molecule has 0 radical (unpaired) electrons. The minimum absolute atomic E-state index is 0.124. The second kappa shape index (κ2) is 9.28. The number of benzene rings is 2. The highest BCUT2D eigenvalue weighted by Crippen LogP contribution is 2.30. The van der Waals surface area contributed by atoms with Crippen LogP contribution in [0.2, 0.25) is 0 Å². The molecular formula is C23H28N2O5S. The normalized spacial score (nSPS) is 20.1. The number of fused-ring (bicyclic) bond motifs is 1. The van der Waals surface area contributed by atoms with Crippen LogP contribution in [0.15, 0.2) is 53.4 Å². The van der Waals surface area contributed by atoms with E-state index in [2.05, 4.69) is 4.90 Å². The third-order valence-electron chi connectivity index (χ3n) is 5.82. The predicted octanol–water partition coefficient (Wildman–Crippen LogP) is 3.16. The molecule has 0 aromatic heterocycles. The third kappa shape index (κ3) is 4.70. The van der Waals surface area contributed by atoms with Crippen LogP contribution in [-0.4, -0.2) is 62.9 Å². The minimum atomic E-state index is -3.69. The fourth-order valence-electron chi connectivity index (χ4n) is 4.18. The molecule has 166 valence electrons. The zero-order chi connectivity index (χ0) is 21.8. The lowest BCUT2D eigenvalue weighted by molar-refractivity contribution is 0.0869. The molecule has 2 aliphatic heterocycles. The van der Waals surface area contributed by atoms with E-state index in [0.29, 0.717) is 6.42 Å². The van der Waals surface area contributed by atoms with Crippen molar-refractivity contribution in [2.75, 3.05) is 33.3 Å². The number of rotatable bonds is 9. The van der Waals surface area contributed by atoms with Crippen molar-refractivity contribution < 1.29 is 22.7 Å². The largest absolute Gasteiger partial charge is 0.497 e. The summed E-state index contributed by atoms with van der Waals surface area (Å²) in [6.07, 6.45) is 3.64. The molecule has 0 bridgehead atoms. The lowest BCUT2D eigenvalue weighted by Gasteiger charge is -2.18. The number of methoxy groups -OCH3 is 1. The van der Waals surface area contributed by atoms with Gasteiger partial charge in [0, 0.05) is 25.7 Å². The quantitative estimate of drug-likeness (QED) is 0.553. The Kier molecular flexibility index (Phi) is 6.48. The summed E-state index contributed by atoms with van der Waals surface area (Å²) < 4.78 is 37.5. The first-order valence-corrected chi connectivity index (χ1v) is 12.1. The van der Waals surface area contributed by atoms with Crippen molar-refractivity contribution in [2.45, 2.75) is 36.7 Å². The Morgan fingerprint density at radius 1 is 1.00 bits per heavy atom. The van der Waals surface area contributed by atoms with Gasteiger partial charge in [-0.05, 0) is 50.1 Å². The van der Waals surface area contributed by atoms with Crippen molar-refractivity contribution in [1.82, 2.24) is 9.21 Å². The molecule has 1 unspecified atom stereocenters. The van der Waals surface area contributed by atoms with E-state index in [4.69, 9.17) is 9.47 Å². The maximum Gasteiger partial charge on any atom is 0.269 e. The highest BCUT2D eigenvalue weighted by atomic mass is 32.2. The van der Waals surface area contributed by atoms with Crippen LogP contribution in [0.3, 0.4) is 0 Å². The van der Waals surface area contributed by atoms with Gasteiger partial charge in [-0.15, -0.1) is 0 Å². The molecule has 7 nitrogen and oxygen atoms in total. The number of carbonyl (C=O) groups excluding carboxylic acids is 1. The van der Waals surface area contributed by atoms with Gasteiger partial charge in [0.15, 0.2) is 0 Å². The van der Waals surface area contributed by atoms with Crippen molar-refractivity contribution in [3.05, 3.63) is 54.1 Å². The topological polar surface area (TPSA) is 76.2 Å². The van der Waals surface area contributed by atoms with Gasteiger partial charge in [-0.25, -0.2) is 12.7 Å². The first-order valence-electron chi connectivity index (χ1n) is 10.7. The molecule has 4 rings (SSSR count). The van der Waals surface area contributed by atoms with Gasteiger partial charge in [-0.2, -0.15) is 0 Å². The first kappa shape index (κ1) is 21.6. The Hall–Kier alpha value is -2.58. The van der Waals surface area contributed by atoms with E-state index in [9.17, 15) is 13.2 Å². The molecule has 1 saturated heterocycles. The van der Waals surface area contributed by atoms with Crippen LogP contribution in [0.4, 0.5) is 0 Å². The zero-order valence-electron chi connectivity index (χ0n) is 17.7. The second-order valence-corrected chi connectivity index (χ2v) is 9.78. The molecule has 2 aromatic rings. The summed E-state index contributed by atoms with van der Waals surface area (Å²) in [5, 5.41) is 0. The predicted molar refractivity (Wildman–Crippen MR) is 117 cm³/mol. The molecule has 1 atom stereocenters. The van der Waals surface area contributed by atoms with Crippen LogP contribution in [0.25, 0.3) is 0 Å². The summed E-state index contributed by atoms with van der Waals surface area (Å²) in [5.74, 6) is 1.20. The van der Waals surface area contributed by atoms with E-state index in [1.165, 1.54) is 6.07 Å². The van der Waals surface area contributed by atoms with Crippen LogP contribution in [0.5, 0.6) is 11.5 Å². The first-order chi connectivity index (χ1) is 15.0. The number of likely N-dealkylation sites (tertiary alicyclic amines) is 1. The van der Waals surface area contributed by atoms with Gasteiger partial charge in [-0.3, -0.25) is 9.69 Å². The summed E-state index contributed by atoms with van der Waals surface area (Å²) in [4.78, 5) is 14.9. The van der Waals surface area contributed by atoms with Gasteiger partial charge in [-0.1, -0.05) is 24.6 Å². The van der Waals surface area contributed by atoms with Gasteiger partial charge in [0.2, 0.25) is 0 Å². The smallest absolute Gasteiger partial charge is 0.269 e. The fourth-order valence-corrected chi connectivity index (χ4v) is 5.79. The standard InChI is InChI=1S/C23H28N2O5S/c1-29-18-8-7-9-19(16-18)30-20-12-15-24(17-20)13-5-2-6-14-25-23(26)21-10-3-4-11-22(21)31(25,27)28/h3-4,7-11,16,20H,2,5-6,12-15,17H2,1H3. The molecule has 2 aliphatic rings. The van der Waals surface area contributed by atoms with Crippen LogP contribution in [0, 0.1) is 0 Å². The van der Waals surface area contributed by atoms with Gasteiger partial charge in [0.05, 0.1) is 12.7 Å². The fraction of sp³-hybridized carbons (Fsp3) is 0.435. The summed E-state index contributed by atoms with van der Waals surface area (Å²) in [6.45, 7) is 3.05. The molecule has 0 aliphatic carbocycles. The van der Waals surface area contributed by atoms with Crippen molar-refractivity contribution in [3.63, 3.8) is 0 Å². The molecule has 0 spiro atoms. The number of ether oxygens (including phenoxy) is 2. The van der Waals surface area contributed by atoms with Crippen molar-refractivity contribution in [1.29, 1.82) is 0 Å². The average molecular weight is 445 g/mol. The van der Waals surface area contributed by atoms with E-state index >= 15 is 0 Å². The monoisotopic (exact) mass is 444 g/mol. The summed E-state index contributed by atoms with van der Waals surface area (Å²) in [7, 11) is -2.05. The van der Waals surface area contributed by atoms with Crippen molar-refractivity contribution in [3.8, 4) is 11.5 Å². The van der Waals surface area contributed by atoms with E-state index in [1.807, 2.05) is 24.3 Å². The molecule has 1 fully saturated rings. The number of carbonyl (C=O) groups is 1. The van der Waals surface area contributed by atoms with Crippen molar-refractivity contribution >= 4 is 15.9 Å². The molecule has 0 N–H and O–H groups in total. The van der Waals surface area contributed by atoms with Gasteiger partial charge < -0.3 is 9.47 Å². The summed E-state index contributed by atoms with van der Waals surface area (Å²) in [6, 6.07) is 14.1. The number of unbranched alkanes of at least 4 members (excludes halogenated alkanes) is 2. The molecule has 0 saturated carbocycles. The Labute approximate surface area is 183 Å². The Balaban J connectivity index is 1.18. The van der Waals surface area contributed by atoms with Gasteiger partial charge in [0.25, 0.3) is 15.9 Å². The summed E-state index contributed by atoms with van der Waals surface area (Å²) >= 11 is 0. The number of hydrogen-bond acceptors (Lipinski definition) is 6. The Bertz CT molecular complexity index is 1040. The third-order valence-corrected chi connectivity index (χ3v) is 7.66. The van der Waals surface area contributed by atoms with Crippen LogP contribution in [0.1, 0.15) is 36.0 Å². The average Bonchev–Trinajstić information content (AvgIpc) is 3.29. The maximum absolute atomic E-state index is 12.6. The van der Waals surface area contributed by atoms with Crippen molar-refractivity contribution in [2.24, 2.45) is 0 Å². The maximum atomic E-state index is 12.6. The second-order valence-electron chi connectivity index (χ2n) is 7.95. The highest BCUT2D eigenvalue weighted by Gasteiger charge is 2.40. The van der Waals surface area contributed by atoms with Crippen LogP contribution < -0.4 is 9.47 Å². The number of amides is 1. The zero-order valence-corrected chi connectivity index (χ0v) is 18.5. The lowest BCUT2D eigenvalue weighted by Crippen LogP contribution is -2.31. The molecule has 1 amide bonds. The molecular weight excluding hydrogens is 416 g/mol. The number of hydrogen-bond donors (Lipinski definition) is 0. The van der Waals surface area contributed by atoms with Gasteiger partial charge >= 0.3 is 0 Å². The summed E-state index contributed by atoms with van der Waals surface area (Å²) in [5.41, 5.74) is 0.279. The SMILES string of the molecule is COc1cccc(OC2CCN(CCCCCN3C(=O)c4ccccc4S3(=O)=O)C2)c1.